The van der Waals surface area contributed by atoms with Crippen molar-refractivity contribution in [3.8, 4) is 0 Å². The van der Waals surface area contributed by atoms with Crippen LogP contribution in [0.15, 0.2) is 23.1 Å². The Kier molecular flexibility index (Phi) is 4.17. The number of nitrogen functional groups attached to an aromatic ring is 1. The van der Waals surface area contributed by atoms with Crippen molar-refractivity contribution < 1.29 is 18.4 Å². The number of nitrogens with zero attached hydrogens (tertiary/aromatic N) is 2. The van der Waals surface area contributed by atoms with Crippen molar-refractivity contribution in [3.05, 3.63) is 28.3 Å². The second-order valence-electron chi connectivity index (χ2n) is 5.18. The lowest BCUT2D eigenvalue weighted by molar-refractivity contribution is -0.384. The molecule has 8 nitrogen and oxygen atoms in total. The van der Waals surface area contributed by atoms with Crippen LogP contribution in [0, 0.1) is 16.0 Å². The first kappa shape index (κ1) is 15.7. The smallest absolute Gasteiger partial charge is 0.271 e. The van der Waals surface area contributed by atoms with Gasteiger partial charge in [0, 0.05) is 25.2 Å². The highest BCUT2D eigenvalue weighted by atomic mass is 32.2. The fourth-order valence-electron chi connectivity index (χ4n) is 2.34. The summed E-state index contributed by atoms with van der Waals surface area (Å²) in [4.78, 5) is 9.88. The van der Waals surface area contributed by atoms with Gasteiger partial charge in [-0.1, -0.05) is 6.92 Å². The van der Waals surface area contributed by atoms with Crippen LogP contribution in [-0.4, -0.2) is 41.9 Å². The minimum absolute atomic E-state index is 0.142. The summed E-state index contributed by atoms with van der Waals surface area (Å²) >= 11 is 0. The van der Waals surface area contributed by atoms with Gasteiger partial charge in [0.05, 0.1) is 16.7 Å². The zero-order valence-electron chi connectivity index (χ0n) is 11.5. The molecule has 21 heavy (non-hydrogen) atoms. The second-order valence-corrected chi connectivity index (χ2v) is 7.08. The van der Waals surface area contributed by atoms with E-state index in [9.17, 15) is 23.6 Å². The van der Waals surface area contributed by atoms with E-state index in [-0.39, 0.29) is 35.3 Å². The van der Waals surface area contributed by atoms with Crippen molar-refractivity contribution in [3.63, 3.8) is 0 Å². The lowest BCUT2D eigenvalue weighted by Crippen LogP contribution is -2.45. The number of hydrogen-bond acceptors (Lipinski definition) is 6. The van der Waals surface area contributed by atoms with Crippen LogP contribution in [0.5, 0.6) is 0 Å². The zero-order valence-corrected chi connectivity index (χ0v) is 12.3. The van der Waals surface area contributed by atoms with Crippen LogP contribution in [0.25, 0.3) is 0 Å². The van der Waals surface area contributed by atoms with Crippen molar-refractivity contribution in [2.45, 2.75) is 24.3 Å². The Hall–Kier alpha value is -1.71. The molecule has 0 saturated carbocycles. The van der Waals surface area contributed by atoms with Crippen LogP contribution in [0.3, 0.4) is 0 Å². The number of hydrogen-bond donors (Lipinski definition) is 2. The summed E-state index contributed by atoms with van der Waals surface area (Å²) in [6.07, 6.45) is -0.168. The first-order valence-electron chi connectivity index (χ1n) is 6.45. The number of piperidine rings is 1. The fraction of sp³-hybridized carbons (Fsp3) is 0.500. The summed E-state index contributed by atoms with van der Waals surface area (Å²) in [7, 11) is -3.82. The molecule has 1 aromatic carbocycles. The number of non-ortho nitro benzene ring substituents is 1. The standard InChI is InChI=1S/C12H17N3O5S/c1-8-7-14(5-4-11(8)16)21(19,20)12-3-2-9(15(17)18)6-10(12)13/h2-3,6,8,11,16H,4-5,7,13H2,1H3. The van der Waals surface area contributed by atoms with E-state index in [4.69, 9.17) is 5.73 Å². The Morgan fingerprint density at radius 3 is 2.67 bits per heavy atom. The van der Waals surface area contributed by atoms with Crippen LogP contribution in [-0.2, 0) is 10.0 Å². The highest BCUT2D eigenvalue weighted by Gasteiger charge is 2.34. The number of benzene rings is 1. The third kappa shape index (κ3) is 2.99. The van der Waals surface area contributed by atoms with Gasteiger partial charge in [0.15, 0.2) is 0 Å². The summed E-state index contributed by atoms with van der Waals surface area (Å²) in [5.41, 5.74) is 5.25. The van der Waals surface area contributed by atoms with Crippen molar-refractivity contribution in [2.75, 3.05) is 18.8 Å². The minimum Gasteiger partial charge on any atom is -0.397 e. The van der Waals surface area contributed by atoms with Gasteiger partial charge >= 0.3 is 0 Å². The molecule has 0 aromatic heterocycles. The first-order chi connectivity index (χ1) is 9.73. The summed E-state index contributed by atoms with van der Waals surface area (Å²) < 4.78 is 26.3. The van der Waals surface area contributed by atoms with E-state index in [0.717, 1.165) is 18.2 Å². The van der Waals surface area contributed by atoms with Crippen molar-refractivity contribution >= 4 is 21.4 Å². The highest BCUT2D eigenvalue weighted by Crippen LogP contribution is 2.29. The largest absolute Gasteiger partial charge is 0.397 e. The van der Waals surface area contributed by atoms with E-state index in [1.165, 1.54) is 4.31 Å². The average Bonchev–Trinajstić information content (AvgIpc) is 2.41. The van der Waals surface area contributed by atoms with E-state index < -0.39 is 21.1 Å². The monoisotopic (exact) mass is 315 g/mol. The maximum atomic E-state index is 12.5. The summed E-state index contributed by atoms with van der Waals surface area (Å²) in [5, 5.41) is 20.3. The fourth-order valence-corrected chi connectivity index (χ4v) is 3.99. The Morgan fingerprint density at radius 2 is 2.14 bits per heavy atom. The van der Waals surface area contributed by atoms with E-state index in [1.807, 2.05) is 0 Å². The molecule has 9 heteroatoms. The quantitative estimate of drug-likeness (QED) is 0.477. The topological polar surface area (TPSA) is 127 Å². The molecule has 1 aliphatic heterocycles. The number of sulfonamides is 1. The van der Waals surface area contributed by atoms with Gasteiger partial charge in [0.25, 0.3) is 5.69 Å². The average molecular weight is 315 g/mol. The molecule has 1 fully saturated rings. The maximum absolute atomic E-state index is 12.5. The van der Waals surface area contributed by atoms with E-state index in [1.54, 1.807) is 6.92 Å². The molecule has 1 saturated heterocycles. The van der Waals surface area contributed by atoms with E-state index in [0.29, 0.717) is 6.42 Å². The molecule has 2 unspecified atom stereocenters. The van der Waals surface area contributed by atoms with Gasteiger partial charge in [-0.3, -0.25) is 10.1 Å². The normalized spacial score (nSPS) is 23.9. The molecule has 2 atom stereocenters. The summed E-state index contributed by atoms with van der Waals surface area (Å²) in [6.45, 7) is 2.16. The van der Waals surface area contributed by atoms with Crippen molar-refractivity contribution in [1.29, 1.82) is 0 Å². The van der Waals surface area contributed by atoms with Crippen LogP contribution in [0.4, 0.5) is 11.4 Å². The molecular weight excluding hydrogens is 298 g/mol. The molecular formula is C12H17N3O5S. The lowest BCUT2D eigenvalue weighted by Gasteiger charge is -2.33. The van der Waals surface area contributed by atoms with Crippen LogP contribution in [0.1, 0.15) is 13.3 Å². The van der Waals surface area contributed by atoms with Gasteiger partial charge in [0.1, 0.15) is 4.90 Å². The SMILES string of the molecule is CC1CN(S(=O)(=O)c2ccc([N+](=O)[O-])cc2N)CCC1O. The molecule has 0 spiro atoms. The Bertz CT molecular complexity index is 661. The molecule has 0 aliphatic carbocycles. The number of anilines is 1. The number of aliphatic hydroxyl groups is 1. The zero-order chi connectivity index (χ0) is 15.8. The third-order valence-electron chi connectivity index (χ3n) is 3.64. The minimum atomic E-state index is -3.82. The van der Waals surface area contributed by atoms with Gasteiger partial charge in [0.2, 0.25) is 10.0 Å². The lowest BCUT2D eigenvalue weighted by atomic mass is 9.99. The van der Waals surface area contributed by atoms with Gasteiger partial charge in [-0.15, -0.1) is 0 Å². The number of rotatable bonds is 3. The maximum Gasteiger partial charge on any atom is 0.271 e. The predicted octanol–water partition coefficient (Wildman–Crippen LogP) is 0.568. The van der Waals surface area contributed by atoms with Gasteiger partial charge in [-0.25, -0.2) is 8.42 Å². The number of nitro groups is 1. The molecule has 1 heterocycles. The van der Waals surface area contributed by atoms with Crippen molar-refractivity contribution in [1.82, 2.24) is 4.31 Å². The highest BCUT2D eigenvalue weighted by molar-refractivity contribution is 7.89. The molecule has 2 rings (SSSR count). The summed E-state index contributed by atoms with van der Waals surface area (Å²) in [6, 6.07) is 3.30. The molecule has 1 aliphatic rings. The molecule has 0 radical (unpaired) electrons. The van der Waals surface area contributed by atoms with Gasteiger partial charge < -0.3 is 10.8 Å². The molecule has 116 valence electrons. The molecule has 1 aromatic rings. The molecule has 3 N–H and O–H groups in total. The molecule has 0 amide bonds. The number of nitrogens with two attached hydrogens (primary N) is 1. The van der Waals surface area contributed by atoms with Gasteiger partial charge in [-0.2, -0.15) is 4.31 Å². The second kappa shape index (κ2) is 5.58. The Morgan fingerprint density at radius 1 is 1.48 bits per heavy atom. The van der Waals surface area contributed by atoms with Crippen LogP contribution >= 0.6 is 0 Å². The molecule has 0 bridgehead atoms. The first-order valence-corrected chi connectivity index (χ1v) is 7.89. The van der Waals surface area contributed by atoms with Crippen molar-refractivity contribution in [2.24, 2.45) is 5.92 Å². The van der Waals surface area contributed by atoms with Crippen LogP contribution < -0.4 is 5.73 Å². The predicted molar refractivity (Wildman–Crippen MR) is 76.1 cm³/mol. The third-order valence-corrected chi connectivity index (χ3v) is 5.58. The number of nitro benzene ring substituents is 1. The summed E-state index contributed by atoms with van der Waals surface area (Å²) in [5.74, 6) is -0.173. The Balaban J connectivity index is 2.34. The Labute approximate surface area is 122 Å². The van der Waals surface area contributed by atoms with E-state index in [2.05, 4.69) is 0 Å². The van der Waals surface area contributed by atoms with Crippen LogP contribution in [0.2, 0.25) is 0 Å². The number of aliphatic hydroxyl groups excluding tert-OH is 1. The van der Waals surface area contributed by atoms with E-state index >= 15 is 0 Å². The van der Waals surface area contributed by atoms with Gasteiger partial charge in [-0.05, 0) is 18.4 Å².